The van der Waals surface area contributed by atoms with E-state index in [9.17, 15) is 9.90 Å². The Labute approximate surface area is 146 Å². The molecule has 0 aliphatic carbocycles. The molecule has 2 heterocycles. The van der Waals surface area contributed by atoms with Crippen LogP contribution in [-0.4, -0.2) is 46.6 Å². The summed E-state index contributed by atoms with van der Waals surface area (Å²) >= 11 is 1.41. The second kappa shape index (κ2) is 7.88. The van der Waals surface area contributed by atoms with Crippen LogP contribution in [0, 0.1) is 0 Å². The molecule has 128 valence electrons. The number of carbonyl (C=O) groups is 1. The van der Waals surface area contributed by atoms with E-state index < -0.39 is 6.10 Å². The van der Waals surface area contributed by atoms with Gasteiger partial charge in [-0.2, -0.15) is 0 Å². The average Bonchev–Trinajstić information content (AvgIpc) is 3.09. The molecule has 2 aromatic rings. The van der Waals surface area contributed by atoms with Crippen LogP contribution < -0.4 is 5.32 Å². The summed E-state index contributed by atoms with van der Waals surface area (Å²) < 4.78 is 0. The molecule has 0 spiro atoms. The molecule has 1 aromatic carbocycles. The van der Waals surface area contributed by atoms with Crippen molar-refractivity contribution in [3.8, 4) is 0 Å². The highest BCUT2D eigenvalue weighted by molar-refractivity contribution is 7.13. The molecule has 1 atom stereocenters. The lowest BCUT2D eigenvalue weighted by atomic mass is 10.00. The maximum atomic E-state index is 12.0. The minimum absolute atomic E-state index is 0.206. The van der Waals surface area contributed by atoms with Crippen LogP contribution in [0.1, 0.15) is 32.7 Å². The molecule has 0 bridgehead atoms. The van der Waals surface area contributed by atoms with Gasteiger partial charge in [-0.15, -0.1) is 11.3 Å². The predicted octanol–water partition coefficient (Wildman–Crippen LogP) is 1.85. The molecule has 1 unspecified atom stereocenters. The summed E-state index contributed by atoms with van der Waals surface area (Å²) in [6.45, 7) is 4.64. The third kappa shape index (κ3) is 4.20. The number of aryl methyl sites for hydroxylation is 1. The summed E-state index contributed by atoms with van der Waals surface area (Å²) in [6, 6.07) is 8.43. The third-order valence-corrected chi connectivity index (χ3v) is 5.41. The Bertz CT molecular complexity index is 701. The topological polar surface area (TPSA) is 65.5 Å². The van der Waals surface area contributed by atoms with Gasteiger partial charge in [-0.1, -0.05) is 31.2 Å². The van der Waals surface area contributed by atoms with Gasteiger partial charge in [-0.25, -0.2) is 4.98 Å². The number of hydrogen-bond donors (Lipinski definition) is 2. The zero-order valence-electron chi connectivity index (χ0n) is 13.9. The molecule has 24 heavy (non-hydrogen) atoms. The fourth-order valence-corrected chi connectivity index (χ4v) is 3.70. The monoisotopic (exact) mass is 345 g/mol. The molecular formula is C18H23N3O2S. The number of aliphatic hydroxyl groups excluding tert-OH is 1. The molecule has 6 heteroatoms. The lowest BCUT2D eigenvalue weighted by molar-refractivity contribution is 0.0841. The molecule has 0 fully saturated rings. The van der Waals surface area contributed by atoms with Crippen molar-refractivity contribution in [3.05, 3.63) is 51.5 Å². The van der Waals surface area contributed by atoms with Crippen LogP contribution in [0.2, 0.25) is 0 Å². The average molecular weight is 345 g/mol. The largest absolute Gasteiger partial charge is 0.390 e. The number of nitrogens with zero attached hydrogens (tertiary/aromatic N) is 2. The normalized spacial score (nSPS) is 15.8. The number of rotatable bonds is 6. The maximum absolute atomic E-state index is 12.0. The molecule has 1 aliphatic rings. The van der Waals surface area contributed by atoms with Crippen molar-refractivity contribution in [2.24, 2.45) is 0 Å². The van der Waals surface area contributed by atoms with E-state index >= 15 is 0 Å². The van der Waals surface area contributed by atoms with Gasteiger partial charge in [-0.05, 0) is 24.0 Å². The summed E-state index contributed by atoms with van der Waals surface area (Å²) in [5.41, 5.74) is 2.72. The van der Waals surface area contributed by atoms with Crippen molar-refractivity contribution in [1.82, 2.24) is 15.2 Å². The fraction of sp³-hybridized carbons (Fsp3) is 0.444. The Morgan fingerprint density at radius 2 is 2.21 bits per heavy atom. The Balaban J connectivity index is 1.46. The van der Waals surface area contributed by atoms with E-state index in [2.05, 4.69) is 39.5 Å². The highest BCUT2D eigenvalue weighted by atomic mass is 32.1. The van der Waals surface area contributed by atoms with Crippen LogP contribution in [0.15, 0.2) is 30.5 Å². The molecular weight excluding hydrogens is 322 g/mol. The van der Waals surface area contributed by atoms with Crippen LogP contribution in [0.5, 0.6) is 0 Å². The minimum Gasteiger partial charge on any atom is -0.390 e. The van der Waals surface area contributed by atoms with E-state index in [-0.39, 0.29) is 12.5 Å². The molecule has 1 aromatic heterocycles. The molecule has 2 N–H and O–H groups in total. The lowest BCUT2D eigenvalue weighted by Crippen LogP contribution is -2.42. The number of carbonyl (C=O) groups excluding carboxylic acids is 1. The first-order valence-electron chi connectivity index (χ1n) is 8.35. The Hall–Kier alpha value is -1.76. The molecule has 5 nitrogen and oxygen atoms in total. The maximum Gasteiger partial charge on any atom is 0.280 e. The first-order valence-corrected chi connectivity index (χ1v) is 9.17. The van der Waals surface area contributed by atoms with Crippen LogP contribution in [-0.2, 0) is 19.4 Å². The quantitative estimate of drug-likeness (QED) is 0.839. The second-order valence-electron chi connectivity index (χ2n) is 6.10. The van der Waals surface area contributed by atoms with Crippen LogP contribution in [0.25, 0.3) is 0 Å². The van der Waals surface area contributed by atoms with E-state index in [0.29, 0.717) is 11.6 Å². The molecule has 1 amide bonds. The first-order chi connectivity index (χ1) is 11.7. The van der Waals surface area contributed by atoms with Crippen LogP contribution in [0.4, 0.5) is 0 Å². The van der Waals surface area contributed by atoms with E-state index in [1.807, 2.05) is 6.92 Å². The summed E-state index contributed by atoms with van der Waals surface area (Å²) in [5.74, 6) is -0.206. The molecule has 3 rings (SSSR count). The highest BCUT2D eigenvalue weighted by Crippen LogP contribution is 2.18. The predicted molar refractivity (Wildman–Crippen MR) is 95.3 cm³/mol. The standard InChI is InChI=1S/C18H23N3O2S/c1-2-16-10-20-18(24-16)17(23)19-9-15(22)12-21-8-7-13-5-3-4-6-14(13)11-21/h3-6,10,15,22H,2,7-9,11-12H2,1H3,(H,19,23). The zero-order chi connectivity index (χ0) is 16.9. The number of aliphatic hydroxyl groups is 1. The Morgan fingerprint density at radius 3 is 2.96 bits per heavy atom. The summed E-state index contributed by atoms with van der Waals surface area (Å²) in [6.07, 6.45) is 3.05. The Morgan fingerprint density at radius 1 is 1.42 bits per heavy atom. The number of hydrogen-bond acceptors (Lipinski definition) is 5. The van der Waals surface area contributed by atoms with Gasteiger partial charge in [0.1, 0.15) is 0 Å². The second-order valence-corrected chi connectivity index (χ2v) is 7.22. The van der Waals surface area contributed by atoms with E-state index in [1.54, 1.807) is 6.20 Å². The van der Waals surface area contributed by atoms with Gasteiger partial charge < -0.3 is 10.4 Å². The number of benzene rings is 1. The summed E-state index contributed by atoms with van der Waals surface area (Å²) in [5, 5.41) is 13.5. The van der Waals surface area contributed by atoms with E-state index in [1.165, 1.54) is 22.5 Å². The number of β-amino-alcohol motifs (C(OH)–C–C–N with tert-alkyl or cyclic N) is 1. The summed E-state index contributed by atoms with van der Waals surface area (Å²) in [4.78, 5) is 19.5. The smallest absolute Gasteiger partial charge is 0.280 e. The molecule has 0 saturated heterocycles. The Kier molecular flexibility index (Phi) is 5.60. The molecule has 0 radical (unpaired) electrons. The SMILES string of the molecule is CCc1cnc(C(=O)NCC(O)CN2CCc3ccccc3C2)s1. The molecule has 1 aliphatic heterocycles. The van der Waals surface area contributed by atoms with Gasteiger partial charge in [-0.3, -0.25) is 9.69 Å². The van der Waals surface area contributed by atoms with E-state index in [4.69, 9.17) is 0 Å². The van der Waals surface area contributed by atoms with Gasteiger partial charge in [0, 0.05) is 37.3 Å². The zero-order valence-corrected chi connectivity index (χ0v) is 14.7. The van der Waals surface area contributed by atoms with Gasteiger partial charge >= 0.3 is 0 Å². The number of thiazole rings is 1. The van der Waals surface area contributed by atoms with E-state index in [0.717, 1.165) is 30.8 Å². The van der Waals surface area contributed by atoms with Crippen molar-refractivity contribution in [1.29, 1.82) is 0 Å². The van der Waals surface area contributed by atoms with Gasteiger partial charge in [0.2, 0.25) is 0 Å². The highest BCUT2D eigenvalue weighted by Gasteiger charge is 2.19. The first kappa shape index (κ1) is 17.1. The number of nitrogens with one attached hydrogen (secondary N) is 1. The lowest BCUT2D eigenvalue weighted by Gasteiger charge is -2.30. The summed E-state index contributed by atoms with van der Waals surface area (Å²) in [7, 11) is 0. The van der Waals surface area contributed by atoms with Crippen molar-refractivity contribution in [2.45, 2.75) is 32.4 Å². The van der Waals surface area contributed by atoms with Crippen molar-refractivity contribution < 1.29 is 9.90 Å². The van der Waals surface area contributed by atoms with Crippen molar-refractivity contribution in [3.63, 3.8) is 0 Å². The van der Waals surface area contributed by atoms with Crippen LogP contribution in [0.3, 0.4) is 0 Å². The number of aromatic nitrogens is 1. The van der Waals surface area contributed by atoms with Gasteiger partial charge in [0.25, 0.3) is 5.91 Å². The van der Waals surface area contributed by atoms with Gasteiger partial charge in [0.15, 0.2) is 5.01 Å². The number of fused-ring (bicyclic) bond motifs is 1. The number of amides is 1. The molecule has 0 saturated carbocycles. The van der Waals surface area contributed by atoms with Crippen molar-refractivity contribution >= 4 is 17.2 Å². The fourth-order valence-electron chi connectivity index (χ4n) is 2.93. The minimum atomic E-state index is -0.579. The van der Waals surface area contributed by atoms with Gasteiger partial charge in [0.05, 0.1) is 6.10 Å². The van der Waals surface area contributed by atoms with Crippen LogP contribution >= 0.6 is 11.3 Å². The van der Waals surface area contributed by atoms with Crippen molar-refractivity contribution in [2.75, 3.05) is 19.6 Å². The third-order valence-electron chi connectivity index (χ3n) is 4.27.